The lowest BCUT2D eigenvalue weighted by Crippen LogP contribution is -2.49. The van der Waals surface area contributed by atoms with E-state index < -0.39 is 11.8 Å². The predicted octanol–water partition coefficient (Wildman–Crippen LogP) is 4.05. The summed E-state index contributed by atoms with van der Waals surface area (Å²) in [6.45, 7) is 4.57. The summed E-state index contributed by atoms with van der Waals surface area (Å²) < 4.78 is 5.97. The van der Waals surface area contributed by atoms with Gasteiger partial charge in [0, 0.05) is 24.6 Å². The third-order valence-corrected chi connectivity index (χ3v) is 5.86. The SMILES string of the molecule is Cc1ccc(-c2ccncc2)cc1NC(=O)C(=O)N1CC(C)OC(c2ccsc2)C1. The zero-order chi connectivity index (χ0) is 21.1. The number of hydrogen-bond acceptors (Lipinski definition) is 5. The van der Waals surface area contributed by atoms with Crippen molar-refractivity contribution in [2.24, 2.45) is 0 Å². The number of ether oxygens (including phenoxy) is 1. The highest BCUT2D eigenvalue weighted by Gasteiger charge is 2.32. The predicted molar refractivity (Wildman–Crippen MR) is 117 cm³/mol. The molecule has 6 nitrogen and oxygen atoms in total. The number of carbonyl (C=O) groups excluding carboxylic acids is 2. The number of benzene rings is 1. The van der Waals surface area contributed by atoms with Gasteiger partial charge < -0.3 is 15.0 Å². The van der Waals surface area contributed by atoms with Crippen LogP contribution < -0.4 is 5.32 Å². The molecule has 3 heterocycles. The van der Waals surface area contributed by atoms with E-state index in [0.717, 1.165) is 22.3 Å². The van der Waals surface area contributed by atoms with Crippen LogP contribution in [-0.2, 0) is 14.3 Å². The maximum absolute atomic E-state index is 12.9. The van der Waals surface area contributed by atoms with Crippen LogP contribution in [0.1, 0.15) is 24.2 Å². The third kappa shape index (κ3) is 4.42. The van der Waals surface area contributed by atoms with Crippen molar-refractivity contribution >= 4 is 28.8 Å². The average Bonchev–Trinajstić information content (AvgIpc) is 3.30. The molecule has 2 atom stereocenters. The van der Waals surface area contributed by atoms with E-state index >= 15 is 0 Å². The Hall–Kier alpha value is -3.03. The number of pyridine rings is 1. The fourth-order valence-electron chi connectivity index (χ4n) is 3.56. The van der Waals surface area contributed by atoms with Gasteiger partial charge in [0.2, 0.25) is 0 Å². The topological polar surface area (TPSA) is 71.5 Å². The summed E-state index contributed by atoms with van der Waals surface area (Å²) in [4.78, 5) is 31.3. The molecule has 1 fully saturated rings. The molecule has 0 saturated carbocycles. The highest BCUT2D eigenvalue weighted by Crippen LogP contribution is 2.28. The molecular weight excluding hydrogens is 398 g/mol. The number of carbonyl (C=O) groups is 2. The van der Waals surface area contributed by atoms with Crippen LogP contribution in [0.25, 0.3) is 11.1 Å². The second kappa shape index (κ2) is 8.77. The zero-order valence-electron chi connectivity index (χ0n) is 16.9. The molecule has 7 heteroatoms. The molecule has 1 aliphatic rings. The number of nitrogens with zero attached hydrogens (tertiary/aromatic N) is 2. The molecule has 0 radical (unpaired) electrons. The van der Waals surface area contributed by atoms with Crippen LogP contribution in [0.5, 0.6) is 0 Å². The second-order valence-electron chi connectivity index (χ2n) is 7.42. The third-order valence-electron chi connectivity index (χ3n) is 5.16. The molecule has 154 valence electrons. The summed E-state index contributed by atoms with van der Waals surface area (Å²) in [7, 11) is 0. The minimum Gasteiger partial charge on any atom is -0.367 e. The molecule has 1 saturated heterocycles. The Morgan fingerprint density at radius 1 is 1.13 bits per heavy atom. The van der Waals surface area contributed by atoms with Crippen LogP contribution in [0, 0.1) is 6.92 Å². The molecule has 4 rings (SSSR count). The monoisotopic (exact) mass is 421 g/mol. The number of amides is 2. The minimum atomic E-state index is -0.636. The summed E-state index contributed by atoms with van der Waals surface area (Å²) in [5.41, 5.74) is 4.49. The van der Waals surface area contributed by atoms with Crippen molar-refractivity contribution in [2.75, 3.05) is 18.4 Å². The lowest BCUT2D eigenvalue weighted by molar-refractivity contribution is -0.152. The minimum absolute atomic E-state index is 0.142. The highest BCUT2D eigenvalue weighted by atomic mass is 32.1. The maximum Gasteiger partial charge on any atom is 0.313 e. The molecule has 0 spiro atoms. The maximum atomic E-state index is 12.9. The summed E-state index contributed by atoms with van der Waals surface area (Å²) >= 11 is 1.59. The Morgan fingerprint density at radius 3 is 2.67 bits per heavy atom. The Balaban J connectivity index is 1.49. The van der Waals surface area contributed by atoms with Gasteiger partial charge in [-0.1, -0.05) is 12.1 Å². The van der Waals surface area contributed by atoms with Crippen molar-refractivity contribution in [3.63, 3.8) is 0 Å². The van der Waals surface area contributed by atoms with Crippen molar-refractivity contribution < 1.29 is 14.3 Å². The molecule has 1 aliphatic heterocycles. The van der Waals surface area contributed by atoms with Gasteiger partial charge in [-0.15, -0.1) is 0 Å². The van der Waals surface area contributed by atoms with E-state index in [1.165, 1.54) is 0 Å². The summed E-state index contributed by atoms with van der Waals surface area (Å²) in [5, 5.41) is 6.79. The van der Waals surface area contributed by atoms with Gasteiger partial charge in [-0.25, -0.2) is 0 Å². The van der Waals surface area contributed by atoms with Gasteiger partial charge >= 0.3 is 11.8 Å². The standard InChI is InChI=1S/C23H23N3O3S/c1-15-3-4-18(17-5-8-24-9-6-17)11-20(15)25-22(27)23(28)26-12-16(2)29-21(13-26)19-7-10-30-14-19/h3-11,14,16,21H,12-13H2,1-2H3,(H,25,27). The molecule has 1 N–H and O–H groups in total. The van der Waals surface area contributed by atoms with E-state index in [2.05, 4.69) is 10.3 Å². The largest absolute Gasteiger partial charge is 0.367 e. The van der Waals surface area contributed by atoms with Gasteiger partial charge in [0.25, 0.3) is 0 Å². The smallest absolute Gasteiger partial charge is 0.313 e. The normalized spacial score (nSPS) is 18.8. The Labute approximate surface area is 179 Å². The number of aromatic nitrogens is 1. The molecule has 2 aromatic heterocycles. The molecule has 2 amide bonds. The number of aryl methyl sites for hydroxylation is 1. The van der Waals surface area contributed by atoms with Crippen LogP contribution in [0.4, 0.5) is 5.69 Å². The molecule has 0 bridgehead atoms. The van der Waals surface area contributed by atoms with Crippen LogP contribution in [-0.4, -0.2) is 40.9 Å². The van der Waals surface area contributed by atoms with E-state index in [0.29, 0.717) is 18.8 Å². The Bertz CT molecular complexity index is 1040. The lowest BCUT2D eigenvalue weighted by Gasteiger charge is -2.36. The van der Waals surface area contributed by atoms with Crippen LogP contribution in [0.3, 0.4) is 0 Å². The van der Waals surface area contributed by atoms with Crippen molar-refractivity contribution in [2.45, 2.75) is 26.1 Å². The van der Waals surface area contributed by atoms with Gasteiger partial charge in [-0.05, 0) is 71.1 Å². The first-order valence-corrected chi connectivity index (χ1v) is 10.7. The first-order chi connectivity index (χ1) is 14.5. The van der Waals surface area contributed by atoms with Gasteiger partial charge in [-0.3, -0.25) is 14.6 Å². The number of hydrogen-bond donors (Lipinski definition) is 1. The lowest BCUT2D eigenvalue weighted by atomic mass is 10.0. The highest BCUT2D eigenvalue weighted by molar-refractivity contribution is 7.07. The second-order valence-corrected chi connectivity index (χ2v) is 8.20. The summed E-state index contributed by atoms with van der Waals surface area (Å²) in [6, 6.07) is 11.6. The van der Waals surface area contributed by atoms with E-state index in [-0.39, 0.29) is 12.2 Å². The number of rotatable bonds is 3. The van der Waals surface area contributed by atoms with E-state index in [4.69, 9.17) is 4.74 Å². The number of morpholine rings is 1. The first kappa shape index (κ1) is 20.3. The summed E-state index contributed by atoms with van der Waals surface area (Å²) in [5.74, 6) is -1.18. The van der Waals surface area contributed by atoms with Crippen molar-refractivity contribution in [1.82, 2.24) is 9.88 Å². The molecule has 3 aromatic rings. The first-order valence-electron chi connectivity index (χ1n) is 9.80. The van der Waals surface area contributed by atoms with Gasteiger partial charge in [0.05, 0.1) is 12.6 Å². The van der Waals surface area contributed by atoms with E-state index in [1.54, 1.807) is 28.6 Å². The van der Waals surface area contributed by atoms with Crippen molar-refractivity contribution in [1.29, 1.82) is 0 Å². The van der Waals surface area contributed by atoms with Crippen LogP contribution in [0.2, 0.25) is 0 Å². The number of thiophene rings is 1. The van der Waals surface area contributed by atoms with Gasteiger partial charge in [0.15, 0.2) is 0 Å². The quantitative estimate of drug-likeness (QED) is 0.648. The van der Waals surface area contributed by atoms with E-state index in [1.807, 2.05) is 61.0 Å². The zero-order valence-corrected chi connectivity index (χ0v) is 17.7. The molecule has 0 aliphatic carbocycles. The average molecular weight is 422 g/mol. The Morgan fingerprint density at radius 2 is 1.93 bits per heavy atom. The van der Waals surface area contributed by atoms with Gasteiger partial charge in [-0.2, -0.15) is 11.3 Å². The molecule has 2 unspecified atom stereocenters. The van der Waals surface area contributed by atoms with Crippen LogP contribution in [0.15, 0.2) is 59.6 Å². The fourth-order valence-corrected chi connectivity index (χ4v) is 4.26. The summed E-state index contributed by atoms with van der Waals surface area (Å²) in [6.07, 6.45) is 3.09. The van der Waals surface area contributed by atoms with Crippen molar-refractivity contribution in [3.05, 3.63) is 70.7 Å². The van der Waals surface area contributed by atoms with Crippen molar-refractivity contribution in [3.8, 4) is 11.1 Å². The fraction of sp³-hybridized carbons (Fsp3) is 0.261. The molecular formula is C23H23N3O3S. The van der Waals surface area contributed by atoms with Crippen LogP contribution >= 0.6 is 11.3 Å². The molecule has 30 heavy (non-hydrogen) atoms. The molecule has 1 aromatic carbocycles. The number of anilines is 1. The Kier molecular flexibility index (Phi) is 5.92. The van der Waals surface area contributed by atoms with E-state index in [9.17, 15) is 9.59 Å². The van der Waals surface area contributed by atoms with Gasteiger partial charge in [0.1, 0.15) is 6.10 Å². The number of nitrogens with one attached hydrogen (secondary N) is 1.